The molecule has 112 valence electrons. The van der Waals surface area contributed by atoms with Gasteiger partial charge in [-0.1, -0.05) is 29.8 Å². The molecule has 2 heterocycles. The topological polar surface area (TPSA) is 43.6 Å². The van der Waals surface area contributed by atoms with Gasteiger partial charge in [0.1, 0.15) is 11.4 Å². The van der Waals surface area contributed by atoms with E-state index in [2.05, 4.69) is 46.3 Å². The highest BCUT2D eigenvalue weighted by molar-refractivity contribution is 7.98. The monoisotopic (exact) mass is 310 g/mol. The second-order valence-corrected chi connectivity index (χ2v) is 6.32. The second kappa shape index (κ2) is 6.32. The summed E-state index contributed by atoms with van der Waals surface area (Å²) in [7, 11) is 0. The molecule has 3 aromatic rings. The Bertz CT molecular complexity index is 778. The van der Waals surface area contributed by atoms with Crippen LogP contribution in [0.15, 0.2) is 47.8 Å². The molecule has 0 fully saturated rings. The predicted molar refractivity (Wildman–Crippen MR) is 89.4 cm³/mol. The van der Waals surface area contributed by atoms with Crippen molar-refractivity contribution in [1.82, 2.24) is 19.7 Å². The van der Waals surface area contributed by atoms with Crippen LogP contribution in [-0.4, -0.2) is 19.7 Å². The summed E-state index contributed by atoms with van der Waals surface area (Å²) in [5, 5.41) is 5.42. The third-order valence-electron chi connectivity index (χ3n) is 3.36. The van der Waals surface area contributed by atoms with E-state index in [4.69, 9.17) is 0 Å². The summed E-state index contributed by atoms with van der Waals surface area (Å²) in [6.45, 7) is 6.11. The van der Waals surface area contributed by atoms with Gasteiger partial charge in [-0.15, -0.1) is 11.8 Å². The molecule has 0 saturated heterocycles. The summed E-state index contributed by atoms with van der Waals surface area (Å²) in [4.78, 5) is 8.67. The minimum Gasteiger partial charge on any atom is -0.230 e. The molecule has 0 radical (unpaired) electrons. The molecule has 0 aliphatic heterocycles. The maximum atomic E-state index is 4.47. The summed E-state index contributed by atoms with van der Waals surface area (Å²) >= 11 is 1.71. The maximum Gasteiger partial charge on any atom is 0.158 e. The van der Waals surface area contributed by atoms with Crippen molar-refractivity contribution < 1.29 is 0 Å². The molecule has 0 atom stereocenters. The van der Waals surface area contributed by atoms with E-state index < -0.39 is 0 Å². The largest absolute Gasteiger partial charge is 0.230 e. The van der Waals surface area contributed by atoms with Crippen LogP contribution in [0.2, 0.25) is 0 Å². The maximum absolute atomic E-state index is 4.47. The fraction of sp³-hybridized carbons (Fsp3) is 0.235. The highest BCUT2D eigenvalue weighted by Crippen LogP contribution is 2.22. The minimum absolute atomic E-state index is 0.812. The molecule has 0 aliphatic rings. The lowest BCUT2D eigenvalue weighted by atomic mass is 10.2. The molecule has 4 nitrogen and oxygen atoms in total. The molecule has 0 aliphatic carbocycles. The molecule has 22 heavy (non-hydrogen) atoms. The van der Waals surface area contributed by atoms with Gasteiger partial charge in [-0.3, -0.25) is 0 Å². The third-order valence-corrected chi connectivity index (χ3v) is 4.36. The molecule has 0 N–H and O–H groups in total. The Morgan fingerprint density at radius 3 is 2.45 bits per heavy atom. The zero-order valence-corrected chi connectivity index (χ0v) is 13.8. The van der Waals surface area contributed by atoms with E-state index in [1.54, 1.807) is 18.1 Å². The van der Waals surface area contributed by atoms with Crippen LogP contribution in [0.25, 0.3) is 5.82 Å². The minimum atomic E-state index is 0.812. The van der Waals surface area contributed by atoms with Gasteiger partial charge >= 0.3 is 0 Å². The first-order valence-electron chi connectivity index (χ1n) is 7.16. The van der Waals surface area contributed by atoms with Gasteiger partial charge in [-0.25, -0.2) is 14.6 Å². The molecule has 3 rings (SSSR count). The van der Waals surface area contributed by atoms with Crippen molar-refractivity contribution in [3.8, 4) is 5.82 Å². The van der Waals surface area contributed by atoms with Gasteiger partial charge in [0.05, 0.1) is 5.69 Å². The highest BCUT2D eigenvalue weighted by atomic mass is 32.2. The van der Waals surface area contributed by atoms with Crippen molar-refractivity contribution in [2.45, 2.75) is 31.6 Å². The number of aryl methyl sites for hydroxylation is 3. The summed E-state index contributed by atoms with van der Waals surface area (Å²) in [6, 6.07) is 12.6. The summed E-state index contributed by atoms with van der Waals surface area (Å²) in [6.07, 6.45) is 1.60. The molecule has 0 amide bonds. The number of benzene rings is 1. The number of rotatable bonds is 4. The zero-order valence-electron chi connectivity index (χ0n) is 12.9. The Balaban J connectivity index is 1.76. The van der Waals surface area contributed by atoms with Crippen molar-refractivity contribution in [3.63, 3.8) is 0 Å². The Morgan fingerprint density at radius 1 is 1.00 bits per heavy atom. The Kier molecular flexibility index (Phi) is 4.24. The number of hydrogen-bond donors (Lipinski definition) is 0. The molecule has 5 heteroatoms. The molecular formula is C17H18N4S. The van der Waals surface area contributed by atoms with Crippen LogP contribution in [0.4, 0.5) is 0 Å². The van der Waals surface area contributed by atoms with Gasteiger partial charge in [0, 0.05) is 17.5 Å². The van der Waals surface area contributed by atoms with E-state index in [0.29, 0.717) is 0 Å². The first kappa shape index (κ1) is 14.8. The van der Waals surface area contributed by atoms with Crippen molar-refractivity contribution in [2.24, 2.45) is 0 Å². The fourth-order valence-electron chi connectivity index (χ4n) is 2.23. The number of thioether (sulfide) groups is 1. The quantitative estimate of drug-likeness (QED) is 0.542. The van der Waals surface area contributed by atoms with Crippen LogP contribution in [0.3, 0.4) is 0 Å². The Hall–Kier alpha value is -2.14. The highest BCUT2D eigenvalue weighted by Gasteiger charge is 2.07. The Labute approximate surface area is 134 Å². The van der Waals surface area contributed by atoms with E-state index in [1.807, 2.05) is 30.7 Å². The van der Waals surface area contributed by atoms with Gasteiger partial charge in [0.2, 0.25) is 0 Å². The van der Waals surface area contributed by atoms with E-state index in [9.17, 15) is 0 Å². The van der Waals surface area contributed by atoms with Crippen LogP contribution in [0.5, 0.6) is 0 Å². The van der Waals surface area contributed by atoms with Gasteiger partial charge in [-0.05, 0) is 32.4 Å². The summed E-state index contributed by atoms with van der Waals surface area (Å²) in [5.74, 6) is 1.71. The average molecular weight is 310 g/mol. The molecule has 0 unspecified atom stereocenters. The van der Waals surface area contributed by atoms with E-state index >= 15 is 0 Å². The van der Waals surface area contributed by atoms with Gasteiger partial charge < -0.3 is 0 Å². The van der Waals surface area contributed by atoms with Gasteiger partial charge in [0.15, 0.2) is 5.82 Å². The van der Waals surface area contributed by atoms with Crippen LogP contribution < -0.4 is 0 Å². The molecule has 0 spiro atoms. The first-order chi connectivity index (χ1) is 10.6. The molecule has 1 aromatic carbocycles. The van der Waals surface area contributed by atoms with Crippen molar-refractivity contribution in [2.75, 3.05) is 0 Å². The SMILES string of the molecule is Cc1ccc(CSc2cc(-n3nc(C)cc3C)ncn2)cc1. The van der Waals surface area contributed by atoms with Crippen molar-refractivity contribution in [3.05, 3.63) is 65.2 Å². The van der Waals surface area contributed by atoms with E-state index in [0.717, 1.165) is 28.0 Å². The smallest absolute Gasteiger partial charge is 0.158 e. The van der Waals surface area contributed by atoms with E-state index in [1.165, 1.54) is 11.1 Å². The average Bonchev–Trinajstić information content (AvgIpc) is 2.86. The molecule has 0 bridgehead atoms. The van der Waals surface area contributed by atoms with Crippen LogP contribution in [0.1, 0.15) is 22.5 Å². The fourth-order valence-corrected chi connectivity index (χ4v) is 3.04. The van der Waals surface area contributed by atoms with Gasteiger partial charge in [-0.2, -0.15) is 5.10 Å². The zero-order chi connectivity index (χ0) is 15.5. The number of hydrogen-bond acceptors (Lipinski definition) is 4. The standard InChI is InChI=1S/C17H18N4S/c1-12-4-6-15(7-5-12)10-22-17-9-16(18-11-19-17)21-14(3)8-13(2)20-21/h4-9,11H,10H2,1-3H3. The predicted octanol–water partition coefficient (Wildman–Crippen LogP) is 3.88. The van der Waals surface area contributed by atoms with Crippen LogP contribution in [-0.2, 0) is 5.75 Å². The molecular weight excluding hydrogens is 292 g/mol. The number of aromatic nitrogens is 4. The first-order valence-corrected chi connectivity index (χ1v) is 8.14. The van der Waals surface area contributed by atoms with Gasteiger partial charge in [0.25, 0.3) is 0 Å². The molecule has 2 aromatic heterocycles. The normalized spacial score (nSPS) is 10.9. The lowest BCUT2D eigenvalue weighted by molar-refractivity contribution is 0.791. The van der Waals surface area contributed by atoms with Crippen molar-refractivity contribution in [1.29, 1.82) is 0 Å². The summed E-state index contributed by atoms with van der Waals surface area (Å²) < 4.78 is 1.85. The number of nitrogens with zero attached hydrogens (tertiary/aromatic N) is 4. The third kappa shape index (κ3) is 3.36. The lowest BCUT2D eigenvalue weighted by Gasteiger charge is -2.06. The van der Waals surface area contributed by atoms with E-state index in [-0.39, 0.29) is 0 Å². The van der Waals surface area contributed by atoms with Crippen LogP contribution >= 0.6 is 11.8 Å². The second-order valence-electron chi connectivity index (χ2n) is 5.33. The summed E-state index contributed by atoms with van der Waals surface area (Å²) in [5.41, 5.74) is 4.64. The van der Waals surface area contributed by atoms with Crippen molar-refractivity contribution >= 4 is 11.8 Å². The Morgan fingerprint density at radius 2 is 1.77 bits per heavy atom. The lowest BCUT2D eigenvalue weighted by Crippen LogP contribution is -2.02. The van der Waals surface area contributed by atoms with Crippen LogP contribution in [0, 0.1) is 20.8 Å². The molecule has 0 saturated carbocycles.